The van der Waals surface area contributed by atoms with Crippen LogP contribution in [-0.2, 0) is 0 Å². The van der Waals surface area contributed by atoms with Crippen LogP contribution in [0.5, 0.6) is 0 Å². The van der Waals surface area contributed by atoms with Gasteiger partial charge in [0.1, 0.15) is 0 Å². The van der Waals surface area contributed by atoms with E-state index in [4.69, 9.17) is 0 Å². The minimum atomic E-state index is 1.16. The SMILES string of the molecule is Cc1ccccc1N(c1ccc2cc3c(cc2c1)-c1cc2ccc(-c4ccccc4)cc2cc1-3)c1ccc(-c2ccccc2)cc1C. The molecule has 1 aliphatic rings. The fourth-order valence-electron chi connectivity index (χ4n) is 7.30. The summed E-state index contributed by atoms with van der Waals surface area (Å²) in [5.74, 6) is 0. The van der Waals surface area contributed by atoms with Gasteiger partial charge in [0.2, 0.25) is 0 Å². The van der Waals surface area contributed by atoms with Crippen molar-refractivity contribution in [2.24, 2.45) is 0 Å². The third-order valence-corrected chi connectivity index (χ3v) is 9.78. The van der Waals surface area contributed by atoms with Gasteiger partial charge in [0, 0.05) is 17.1 Å². The first-order chi connectivity index (χ1) is 23.1. The molecule has 8 aromatic rings. The van der Waals surface area contributed by atoms with Crippen LogP contribution in [-0.4, -0.2) is 0 Å². The average molecular weight is 600 g/mol. The van der Waals surface area contributed by atoms with Crippen molar-refractivity contribution in [2.45, 2.75) is 13.8 Å². The van der Waals surface area contributed by atoms with E-state index in [1.165, 1.54) is 88.6 Å². The van der Waals surface area contributed by atoms with Crippen LogP contribution in [0.4, 0.5) is 17.1 Å². The Kier molecular flexibility index (Phi) is 6.33. The van der Waals surface area contributed by atoms with Gasteiger partial charge in [-0.2, -0.15) is 0 Å². The van der Waals surface area contributed by atoms with Crippen LogP contribution < -0.4 is 4.90 Å². The molecular weight excluding hydrogens is 567 g/mol. The molecule has 0 aliphatic heterocycles. The highest BCUT2D eigenvalue weighted by Crippen LogP contribution is 2.51. The number of fused-ring (bicyclic) bond motifs is 6. The third kappa shape index (κ3) is 4.63. The molecule has 0 aromatic heterocycles. The summed E-state index contributed by atoms with van der Waals surface area (Å²) in [7, 11) is 0. The first-order valence-electron chi connectivity index (χ1n) is 16.3. The van der Waals surface area contributed by atoms with Crippen LogP contribution in [0.2, 0.25) is 0 Å². The van der Waals surface area contributed by atoms with E-state index < -0.39 is 0 Å². The lowest BCUT2D eigenvalue weighted by Crippen LogP contribution is -2.12. The molecule has 0 radical (unpaired) electrons. The van der Waals surface area contributed by atoms with Gasteiger partial charge in [-0.05, 0) is 152 Å². The predicted octanol–water partition coefficient (Wildman–Crippen LogP) is 13.1. The second-order valence-electron chi connectivity index (χ2n) is 12.7. The summed E-state index contributed by atoms with van der Waals surface area (Å²) >= 11 is 0. The summed E-state index contributed by atoms with van der Waals surface area (Å²) in [6.07, 6.45) is 0. The molecular formula is C46H33N. The average Bonchev–Trinajstić information content (AvgIpc) is 3.12. The zero-order valence-corrected chi connectivity index (χ0v) is 26.5. The number of hydrogen-bond donors (Lipinski definition) is 0. The molecule has 9 rings (SSSR count). The van der Waals surface area contributed by atoms with Crippen LogP contribution in [0.1, 0.15) is 11.1 Å². The second-order valence-corrected chi connectivity index (χ2v) is 12.7. The van der Waals surface area contributed by atoms with Gasteiger partial charge in [-0.1, -0.05) is 103 Å². The summed E-state index contributed by atoms with van der Waals surface area (Å²) in [6, 6.07) is 60.0. The fraction of sp³-hybridized carbons (Fsp3) is 0.0435. The number of para-hydroxylation sites is 1. The predicted molar refractivity (Wildman–Crippen MR) is 201 cm³/mol. The van der Waals surface area contributed by atoms with Crippen molar-refractivity contribution in [3.05, 3.63) is 175 Å². The van der Waals surface area contributed by atoms with E-state index in [0.717, 1.165) is 5.69 Å². The minimum absolute atomic E-state index is 1.16. The Balaban J connectivity index is 1.13. The Labute approximate surface area is 276 Å². The highest BCUT2D eigenvalue weighted by molar-refractivity contribution is 6.12. The monoisotopic (exact) mass is 599 g/mol. The Bertz CT molecular complexity index is 2470. The van der Waals surface area contributed by atoms with Crippen LogP contribution >= 0.6 is 0 Å². The zero-order chi connectivity index (χ0) is 31.5. The molecule has 1 heteroatoms. The summed E-state index contributed by atoms with van der Waals surface area (Å²) < 4.78 is 0. The molecule has 0 fully saturated rings. The molecule has 0 unspecified atom stereocenters. The Morgan fingerprint density at radius 3 is 1.43 bits per heavy atom. The molecule has 0 bridgehead atoms. The Morgan fingerprint density at radius 2 is 0.809 bits per heavy atom. The maximum absolute atomic E-state index is 2.42. The van der Waals surface area contributed by atoms with E-state index in [-0.39, 0.29) is 0 Å². The molecule has 1 aliphatic carbocycles. The Morgan fingerprint density at radius 1 is 0.319 bits per heavy atom. The largest absolute Gasteiger partial charge is 0.310 e. The van der Waals surface area contributed by atoms with E-state index in [1.807, 2.05) is 0 Å². The van der Waals surface area contributed by atoms with Crippen molar-refractivity contribution < 1.29 is 0 Å². The maximum Gasteiger partial charge on any atom is 0.0491 e. The molecule has 8 aromatic carbocycles. The van der Waals surface area contributed by atoms with Crippen molar-refractivity contribution in [1.29, 1.82) is 0 Å². The van der Waals surface area contributed by atoms with Gasteiger partial charge in [0.15, 0.2) is 0 Å². The minimum Gasteiger partial charge on any atom is -0.310 e. The Hall–Kier alpha value is -5.92. The summed E-state index contributed by atoms with van der Waals surface area (Å²) in [4.78, 5) is 2.42. The lowest BCUT2D eigenvalue weighted by Gasteiger charge is -2.30. The van der Waals surface area contributed by atoms with Crippen molar-refractivity contribution in [1.82, 2.24) is 0 Å². The van der Waals surface area contributed by atoms with E-state index in [2.05, 4.69) is 183 Å². The van der Waals surface area contributed by atoms with Gasteiger partial charge in [-0.3, -0.25) is 0 Å². The highest BCUT2D eigenvalue weighted by atomic mass is 15.1. The van der Waals surface area contributed by atoms with Gasteiger partial charge < -0.3 is 4.90 Å². The highest BCUT2D eigenvalue weighted by Gasteiger charge is 2.24. The van der Waals surface area contributed by atoms with Crippen molar-refractivity contribution >= 4 is 38.6 Å². The number of aryl methyl sites for hydroxylation is 2. The maximum atomic E-state index is 2.42. The molecule has 222 valence electrons. The molecule has 47 heavy (non-hydrogen) atoms. The second kappa shape index (κ2) is 10.9. The number of rotatable bonds is 5. The molecule has 0 saturated carbocycles. The zero-order valence-electron chi connectivity index (χ0n) is 26.5. The molecule has 0 saturated heterocycles. The fourth-order valence-corrected chi connectivity index (χ4v) is 7.30. The first-order valence-corrected chi connectivity index (χ1v) is 16.3. The first kappa shape index (κ1) is 27.4. The van der Waals surface area contributed by atoms with E-state index in [0.29, 0.717) is 0 Å². The lowest BCUT2D eigenvalue weighted by molar-refractivity contribution is 1.23. The van der Waals surface area contributed by atoms with Crippen LogP contribution in [0.15, 0.2) is 164 Å². The number of nitrogens with zero attached hydrogens (tertiary/aromatic N) is 1. The van der Waals surface area contributed by atoms with Crippen LogP contribution in [0.3, 0.4) is 0 Å². The van der Waals surface area contributed by atoms with Gasteiger partial charge >= 0.3 is 0 Å². The molecule has 0 N–H and O–H groups in total. The number of anilines is 3. The van der Waals surface area contributed by atoms with Crippen molar-refractivity contribution in [3.63, 3.8) is 0 Å². The molecule has 0 amide bonds. The van der Waals surface area contributed by atoms with Crippen LogP contribution in [0.25, 0.3) is 66.1 Å². The smallest absolute Gasteiger partial charge is 0.0491 e. The van der Waals surface area contributed by atoms with E-state index >= 15 is 0 Å². The van der Waals surface area contributed by atoms with Crippen molar-refractivity contribution in [2.75, 3.05) is 4.90 Å². The van der Waals surface area contributed by atoms with E-state index in [1.54, 1.807) is 0 Å². The van der Waals surface area contributed by atoms with Crippen LogP contribution in [0, 0.1) is 13.8 Å². The molecule has 0 heterocycles. The summed E-state index contributed by atoms with van der Waals surface area (Å²) in [6.45, 7) is 4.42. The third-order valence-electron chi connectivity index (χ3n) is 9.78. The normalized spacial score (nSPS) is 11.6. The van der Waals surface area contributed by atoms with Gasteiger partial charge in [-0.15, -0.1) is 0 Å². The van der Waals surface area contributed by atoms with E-state index in [9.17, 15) is 0 Å². The number of benzene rings is 8. The molecule has 0 atom stereocenters. The summed E-state index contributed by atoms with van der Waals surface area (Å²) in [5, 5.41) is 5.08. The van der Waals surface area contributed by atoms with Gasteiger partial charge in [-0.25, -0.2) is 0 Å². The number of hydrogen-bond acceptors (Lipinski definition) is 1. The van der Waals surface area contributed by atoms with Gasteiger partial charge in [0.05, 0.1) is 0 Å². The summed E-state index contributed by atoms with van der Waals surface area (Å²) in [5.41, 5.74) is 16.4. The van der Waals surface area contributed by atoms with Crippen molar-refractivity contribution in [3.8, 4) is 44.5 Å². The lowest BCUT2D eigenvalue weighted by atomic mass is 9.77. The standard InChI is InChI=1S/C46H33N/c1-30-11-9-10-16-45(30)47(46-22-20-34(23-31(46)2)32-12-5-3-6-13-32)40-21-19-37-27-42-43-28-38-24-35(33-14-7-4-8-15-33)17-18-36(38)26-41(43)44(42)29-39(37)25-40/h3-29H,1-2H3. The van der Waals surface area contributed by atoms with Gasteiger partial charge in [0.25, 0.3) is 0 Å². The molecule has 0 spiro atoms. The molecule has 1 nitrogen and oxygen atoms in total. The topological polar surface area (TPSA) is 3.24 Å². The quantitative estimate of drug-likeness (QED) is 0.190.